The fourth-order valence-electron chi connectivity index (χ4n) is 2.77. The molecular weight excluding hydrogens is 420 g/mol. The number of halogens is 1. The van der Waals surface area contributed by atoms with Crippen molar-refractivity contribution < 1.29 is 14.3 Å². The SMILES string of the molecule is CC[C@@H](C)NC(=O)[C@H](C)N(Cc1cccc(OC)c1)C(=O)CSc1ccc(Cl)cc1. The first-order chi connectivity index (χ1) is 14.3. The monoisotopic (exact) mass is 448 g/mol. The van der Waals surface area contributed by atoms with Gasteiger partial charge in [0.05, 0.1) is 12.9 Å². The maximum absolute atomic E-state index is 13.1. The van der Waals surface area contributed by atoms with Crippen molar-refractivity contribution in [3.8, 4) is 5.75 Å². The van der Waals surface area contributed by atoms with Gasteiger partial charge in [0.2, 0.25) is 11.8 Å². The van der Waals surface area contributed by atoms with E-state index in [0.29, 0.717) is 17.3 Å². The van der Waals surface area contributed by atoms with Crippen molar-refractivity contribution in [2.75, 3.05) is 12.9 Å². The molecule has 2 aromatic carbocycles. The number of nitrogens with one attached hydrogen (secondary N) is 1. The molecule has 2 rings (SSSR count). The molecule has 7 heteroatoms. The molecule has 0 aromatic heterocycles. The number of amides is 2. The summed E-state index contributed by atoms with van der Waals surface area (Å²) in [7, 11) is 1.60. The second-order valence-electron chi connectivity index (χ2n) is 7.11. The van der Waals surface area contributed by atoms with Gasteiger partial charge >= 0.3 is 0 Å². The van der Waals surface area contributed by atoms with Crippen LogP contribution in [0.3, 0.4) is 0 Å². The second-order valence-corrected chi connectivity index (χ2v) is 8.59. The van der Waals surface area contributed by atoms with Gasteiger partial charge in [-0.1, -0.05) is 30.7 Å². The molecule has 0 saturated carbocycles. The molecule has 0 spiro atoms. The van der Waals surface area contributed by atoms with Gasteiger partial charge in [-0.25, -0.2) is 0 Å². The standard InChI is InChI=1S/C23H29ClN2O3S/c1-5-16(2)25-23(28)17(3)26(14-18-7-6-8-20(13-18)29-4)22(27)15-30-21-11-9-19(24)10-12-21/h6-13,16-17H,5,14-15H2,1-4H3,(H,25,28)/t16-,17+/m1/s1. The van der Waals surface area contributed by atoms with Gasteiger partial charge in [0.15, 0.2) is 0 Å². The molecule has 0 saturated heterocycles. The number of carbonyl (C=O) groups excluding carboxylic acids is 2. The van der Waals surface area contributed by atoms with Crippen molar-refractivity contribution in [2.45, 2.75) is 50.7 Å². The fraction of sp³-hybridized carbons (Fsp3) is 0.391. The van der Waals surface area contributed by atoms with Gasteiger partial charge in [-0.3, -0.25) is 9.59 Å². The van der Waals surface area contributed by atoms with Crippen LogP contribution in [0.4, 0.5) is 0 Å². The summed E-state index contributed by atoms with van der Waals surface area (Å²) in [4.78, 5) is 28.4. The minimum absolute atomic E-state index is 0.0529. The minimum Gasteiger partial charge on any atom is -0.497 e. The van der Waals surface area contributed by atoms with Gasteiger partial charge in [0, 0.05) is 22.5 Å². The molecule has 162 valence electrons. The number of carbonyl (C=O) groups is 2. The zero-order chi connectivity index (χ0) is 22.1. The average molecular weight is 449 g/mol. The van der Waals surface area contributed by atoms with E-state index in [1.807, 2.05) is 50.2 Å². The third kappa shape index (κ3) is 7.26. The molecule has 0 radical (unpaired) electrons. The van der Waals surface area contributed by atoms with E-state index in [1.165, 1.54) is 11.8 Å². The smallest absolute Gasteiger partial charge is 0.242 e. The van der Waals surface area contributed by atoms with Crippen molar-refractivity contribution >= 4 is 35.2 Å². The van der Waals surface area contributed by atoms with Crippen LogP contribution in [0.15, 0.2) is 53.4 Å². The van der Waals surface area contributed by atoms with Crippen LogP contribution in [0.5, 0.6) is 5.75 Å². The van der Waals surface area contributed by atoms with E-state index in [0.717, 1.165) is 16.9 Å². The van der Waals surface area contributed by atoms with Crippen molar-refractivity contribution in [1.29, 1.82) is 0 Å². The van der Waals surface area contributed by atoms with Gasteiger partial charge in [-0.05, 0) is 62.2 Å². The molecular formula is C23H29ClN2O3S. The highest BCUT2D eigenvalue weighted by atomic mass is 35.5. The van der Waals surface area contributed by atoms with Crippen LogP contribution in [0, 0.1) is 0 Å². The zero-order valence-corrected chi connectivity index (χ0v) is 19.4. The average Bonchev–Trinajstić information content (AvgIpc) is 2.76. The molecule has 0 fully saturated rings. The van der Waals surface area contributed by atoms with E-state index in [1.54, 1.807) is 31.1 Å². The molecule has 0 heterocycles. The zero-order valence-electron chi connectivity index (χ0n) is 17.9. The number of hydrogen-bond donors (Lipinski definition) is 1. The Morgan fingerprint density at radius 3 is 2.50 bits per heavy atom. The van der Waals surface area contributed by atoms with Gasteiger partial charge in [-0.15, -0.1) is 11.8 Å². The molecule has 5 nitrogen and oxygen atoms in total. The first-order valence-corrected chi connectivity index (χ1v) is 11.3. The normalized spacial score (nSPS) is 12.7. The summed E-state index contributed by atoms with van der Waals surface area (Å²) in [6.07, 6.45) is 0.828. The van der Waals surface area contributed by atoms with Crippen LogP contribution in [0.2, 0.25) is 5.02 Å². The van der Waals surface area contributed by atoms with E-state index in [9.17, 15) is 9.59 Å². The van der Waals surface area contributed by atoms with Crippen LogP contribution < -0.4 is 10.1 Å². The van der Waals surface area contributed by atoms with E-state index in [2.05, 4.69) is 5.32 Å². The topological polar surface area (TPSA) is 58.6 Å². The number of nitrogens with zero attached hydrogens (tertiary/aromatic N) is 1. The van der Waals surface area contributed by atoms with Crippen LogP contribution in [-0.2, 0) is 16.1 Å². The van der Waals surface area contributed by atoms with Crippen LogP contribution in [0.1, 0.15) is 32.8 Å². The van der Waals surface area contributed by atoms with Gasteiger partial charge in [-0.2, -0.15) is 0 Å². The molecule has 1 N–H and O–H groups in total. The Bertz CT molecular complexity index is 845. The number of rotatable bonds is 10. The first kappa shape index (κ1) is 24.1. The van der Waals surface area contributed by atoms with Crippen LogP contribution in [0.25, 0.3) is 0 Å². The van der Waals surface area contributed by atoms with E-state index in [4.69, 9.17) is 16.3 Å². The number of hydrogen-bond acceptors (Lipinski definition) is 4. The number of benzene rings is 2. The summed E-state index contributed by atoms with van der Waals surface area (Å²) in [5.74, 6) is 0.681. The number of ether oxygens (including phenoxy) is 1. The summed E-state index contributed by atoms with van der Waals surface area (Å²) >= 11 is 7.36. The molecule has 2 amide bonds. The Labute approximate surface area is 188 Å². The highest BCUT2D eigenvalue weighted by molar-refractivity contribution is 8.00. The van der Waals surface area contributed by atoms with Crippen LogP contribution >= 0.6 is 23.4 Å². The van der Waals surface area contributed by atoms with Crippen LogP contribution in [-0.4, -0.2) is 41.7 Å². The van der Waals surface area contributed by atoms with Gasteiger partial charge < -0.3 is 15.0 Å². The molecule has 0 bridgehead atoms. The second kappa shape index (κ2) is 11.9. The maximum atomic E-state index is 13.1. The number of methoxy groups -OCH3 is 1. The summed E-state index contributed by atoms with van der Waals surface area (Å²) in [6, 6.07) is 14.3. The van der Waals surface area contributed by atoms with E-state index < -0.39 is 6.04 Å². The quantitative estimate of drug-likeness (QED) is 0.532. The summed E-state index contributed by atoms with van der Waals surface area (Å²) in [5, 5.41) is 3.63. The van der Waals surface area contributed by atoms with Gasteiger partial charge in [0.25, 0.3) is 0 Å². The third-order valence-electron chi connectivity index (χ3n) is 4.83. The Morgan fingerprint density at radius 1 is 1.17 bits per heavy atom. The molecule has 2 atom stereocenters. The van der Waals surface area contributed by atoms with Crippen molar-refractivity contribution in [3.05, 3.63) is 59.1 Å². The third-order valence-corrected chi connectivity index (χ3v) is 6.08. The lowest BCUT2D eigenvalue weighted by Crippen LogP contribution is -2.50. The summed E-state index contributed by atoms with van der Waals surface area (Å²) < 4.78 is 5.29. The predicted octanol–water partition coefficient (Wildman–Crippen LogP) is 4.77. The van der Waals surface area contributed by atoms with Crippen molar-refractivity contribution in [3.63, 3.8) is 0 Å². The van der Waals surface area contributed by atoms with Crippen molar-refractivity contribution in [1.82, 2.24) is 10.2 Å². The largest absolute Gasteiger partial charge is 0.497 e. The highest BCUT2D eigenvalue weighted by Gasteiger charge is 2.26. The van der Waals surface area contributed by atoms with E-state index in [-0.39, 0.29) is 23.6 Å². The fourth-order valence-corrected chi connectivity index (χ4v) is 3.68. The Morgan fingerprint density at radius 2 is 1.87 bits per heavy atom. The summed E-state index contributed by atoms with van der Waals surface area (Å²) in [6.45, 7) is 6.06. The minimum atomic E-state index is -0.594. The molecule has 2 aromatic rings. The Hall–Kier alpha value is -2.18. The molecule has 0 unspecified atom stereocenters. The van der Waals surface area contributed by atoms with Crippen molar-refractivity contribution in [2.24, 2.45) is 0 Å². The Balaban J connectivity index is 2.16. The maximum Gasteiger partial charge on any atom is 0.242 e. The predicted molar refractivity (Wildman–Crippen MR) is 123 cm³/mol. The first-order valence-electron chi connectivity index (χ1n) is 9.95. The molecule has 30 heavy (non-hydrogen) atoms. The lowest BCUT2D eigenvalue weighted by atomic mass is 10.1. The molecule has 0 aliphatic heterocycles. The number of thioether (sulfide) groups is 1. The summed E-state index contributed by atoms with van der Waals surface area (Å²) in [5.41, 5.74) is 0.905. The van der Waals surface area contributed by atoms with Gasteiger partial charge in [0.1, 0.15) is 11.8 Å². The van der Waals surface area contributed by atoms with E-state index >= 15 is 0 Å². The molecule has 0 aliphatic carbocycles. The lowest BCUT2D eigenvalue weighted by molar-refractivity contribution is -0.138. The lowest BCUT2D eigenvalue weighted by Gasteiger charge is -2.29. The Kier molecular flexibility index (Phi) is 9.53. The molecule has 0 aliphatic rings. The highest BCUT2D eigenvalue weighted by Crippen LogP contribution is 2.22.